The van der Waals surface area contributed by atoms with E-state index in [1.807, 2.05) is 0 Å². The molecule has 3 fully saturated rings. The van der Waals surface area contributed by atoms with Crippen LogP contribution in [0.15, 0.2) is 23.3 Å². The van der Waals surface area contributed by atoms with Crippen LogP contribution >= 0.6 is 0 Å². The Morgan fingerprint density at radius 2 is 1.29 bits per heavy atom. The fraction of sp³-hybridized carbons (Fsp3) is 0.905. The Bertz CT molecular complexity index is 1140. The van der Waals surface area contributed by atoms with E-state index >= 15 is 0 Å². The Labute approximate surface area is 308 Å². The molecule has 3 aliphatic rings. The summed E-state index contributed by atoms with van der Waals surface area (Å²) in [5, 5.41) is 0.233. The summed E-state index contributed by atoms with van der Waals surface area (Å²) in [6.45, 7) is 45.8. The summed E-state index contributed by atoms with van der Waals surface area (Å²) < 4.78 is 28.7. The molecule has 0 saturated heterocycles. The van der Waals surface area contributed by atoms with Gasteiger partial charge in [0.1, 0.15) is 5.60 Å². The van der Waals surface area contributed by atoms with Gasteiger partial charge in [0.2, 0.25) is 0 Å². The van der Waals surface area contributed by atoms with Crippen LogP contribution in [0.5, 0.6) is 0 Å². The van der Waals surface area contributed by atoms with Crippen molar-refractivity contribution in [3.63, 3.8) is 0 Å². The normalized spacial score (nSPS) is 32.4. The van der Waals surface area contributed by atoms with Crippen molar-refractivity contribution in [3.05, 3.63) is 23.3 Å². The Morgan fingerprint density at radius 1 is 0.776 bits per heavy atom. The molecule has 286 valence electrons. The van der Waals surface area contributed by atoms with E-state index in [4.69, 9.17) is 18.0 Å². The van der Waals surface area contributed by atoms with Crippen LogP contribution in [0.3, 0.4) is 0 Å². The highest BCUT2D eigenvalue weighted by Gasteiger charge is 2.55. The third-order valence-electron chi connectivity index (χ3n) is 13.6. The highest BCUT2D eigenvalue weighted by atomic mass is 28.4. The number of hydrogen-bond acceptors (Lipinski definition) is 4. The Hall–Kier alpha value is -0.0294. The van der Waals surface area contributed by atoms with E-state index in [2.05, 4.69) is 141 Å². The van der Waals surface area contributed by atoms with Crippen molar-refractivity contribution >= 4 is 25.0 Å². The molecule has 0 aromatic rings. The van der Waals surface area contributed by atoms with Gasteiger partial charge < -0.3 is 18.0 Å². The molecule has 0 amide bonds. The van der Waals surface area contributed by atoms with Gasteiger partial charge in [0.25, 0.3) is 0 Å². The molecule has 0 spiro atoms. The zero-order valence-corrected chi connectivity index (χ0v) is 39.0. The van der Waals surface area contributed by atoms with E-state index in [1.165, 1.54) is 37.7 Å². The van der Waals surface area contributed by atoms with Crippen LogP contribution in [0, 0.1) is 22.7 Å². The standard InChI is InChI=1S/C42H82O4Si3/c1-31(43-28-27-38(2,3)4)34-24-25-35-33(21-20-26-41(34,35)11)23-22-32-29-36(44-48(16,17)39(5,6)7)42(12,46-47(13,14)15)37(30-32)45-49(18,19)40(8,9)10/h22-23,31,34-37H,20-21,24-30H2,1-19H3/b32-22?,33-23+/t31-,34?,35?,36-,37-,41?,42?/m1/s1. The minimum absolute atomic E-state index is 0.0353. The quantitative estimate of drug-likeness (QED) is 0.198. The first-order chi connectivity index (χ1) is 21.9. The summed E-state index contributed by atoms with van der Waals surface area (Å²) in [5.74, 6) is 1.28. The molecule has 0 N–H and O–H groups in total. The minimum atomic E-state index is -2.10. The molecule has 0 aliphatic heterocycles. The van der Waals surface area contributed by atoms with Crippen molar-refractivity contribution in [2.45, 2.75) is 214 Å². The fourth-order valence-corrected chi connectivity index (χ4v) is 12.8. The smallest absolute Gasteiger partial charge is 0.192 e. The SMILES string of the molecule is C[C@@H](OCCC(C)(C)C)C1CCC2/C(=C/C=C3C[C@@H](O[Si](C)(C)C(C)(C)C)C(C)(O[Si](C)(C)C)[C@H](O[Si](C)(C)C(C)(C)C)C3)CCCC21C. The van der Waals surface area contributed by atoms with E-state index in [-0.39, 0.29) is 22.3 Å². The molecule has 3 rings (SSSR count). The molecular weight excluding hydrogens is 653 g/mol. The van der Waals surface area contributed by atoms with Gasteiger partial charge >= 0.3 is 0 Å². The minimum Gasteiger partial charge on any atom is -0.411 e. The van der Waals surface area contributed by atoms with Crippen LogP contribution < -0.4 is 0 Å². The monoisotopic (exact) mass is 735 g/mol. The maximum Gasteiger partial charge on any atom is 0.192 e. The van der Waals surface area contributed by atoms with Crippen LogP contribution in [0.25, 0.3) is 0 Å². The summed E-state index contributed by atoms with van der Waals surface area (Å²) in [4.78, 5) is 0. The fourth-order valence-electron chi connectivity index (χ4n) is 8.42. The molecule has 0 heterocycles. The van der Waals surface area contributed by atoms with Crippen LogP contribution in [0.1, 0.15) is 134 Å². The zero-order chi connectivity index (χ0) is 37.6. The Kier molecular flexibility index (Phi) is 13.3. The Balaban J connectivity index is 2.00. The van der Waals surface area contributed by atoms with E-state index in [1.54, 1.807) is 5.57 Å². The van der Waals surface area contributed by atoms with Crippen LogP contribution in [-0.4, -0.2) is 55.5 Å². The van der Waals surface area contributed by atoms with Gasteiger partial charge in [0.05, 0.1) is 18.3 Å². The van der Waals surface area contributed by atoms with Gasteiger partial charge in [-0.05, 0) is 144 Å². The largest absolute Gasteiger partial charge is 0.411 e. The first-order valence-electron chi connectivity index (χ1n) is 20.0. The van der Waals surface area contributed by atoms with E-state index in [0.717, 1.165) is 25.9 Å². The highest BCUT2D eigenvalue weighted by Crippen LogP contribution is 2.59. The van der Waals surface area contributed by atoms with Crippen molar-refractivity contribution < 1.29 is 18.0 Å². The van der Waals surface area contributed by atoms with E-state index < -0.39 is 30.6 Å². The predicted molar refractivity (Wildman–Crippen MR) is 220 cm³/mol. The molecule has 0 bridgehead atoms. The topological polar surface area (TPSA) is 36.9 Å². The van der Waals surface area contributed by atoms with E-state index in [0.29, 0.717) is 28.8 Å². The number of hydrogen-bond donors (Lipinski definition) is 0. The van der Waals surface area contributed by atoms with Gasteiger partial charge in [-0.1, -0.05) is 92.5 Å². The summed E-state index contributed by atoms with van der Waals surface area (Å²) in [7, 11) is -6.13. The van der Waals surface area contributed by atoms with Crippen molar-refractivity contribution in [3.8, 4) is 0 Å². The number of fused-ring (bicyclic) bond motifs is 1. The average molecular weight is 735 g/mol. The molecule has 3 unspecified atom stereocenters. The number of ether oxygens (including phenoxy) is 1. The maximum atomic E-state index is 7.43. The van der Waals surface area contributed by atoms with E-state index in [9.17, 15) is 0 Å². The van der Waals surface area contributed by atoms with Crippen LogP contribution in [0.4, 0.5) is 0 Å². The molecule has 4 nitrogen and oxygen atoms in total. The summed E-state index contributed by atoms with van der Waals surface area (Å²) in [5.41, 5.74) is 3.28. The van der Waals surface area contributed by atoms with Gasteiger partial charge in [-0.3, -0.25) is 0 Å². The molecule has 6 atom stereocenters. The second kappa shape index (κ2) is 15.0. The third kappa shape index (κ3) is 10.6. The first kappa shape index (κ1) is 43.4. The van der Waals surface area contributed by atoms with Gasteiger partial charge in [0, 0.05) is 6.61 Å². The predicted octanol–water partition coefficient (Wildman–Crippen LogP) is 13.1. The lowest BCUT2D eigenvalue weighted by Gasteiger charge is -2.55. The second-order valence-electron chi connectivity index (χ2n) is 22.1. The average Bonchev–Trinajstić information content (AvgIpc) is 3.24. The molecule has 0 aromatic carbocycles. The lowest BCUT2D eigenvalue weighted by Crippen LogP contribution is -2.65. The first-order valence-corrected chi connectivity index (χ1v) is 29.2. The van der Waals surface area contributed by atoms with Gasteiger partial charge in [-0.2, -0.15) is 0 Å². The van der Waals surface area contributed by atoms with Gasteiger partial charge in [-0.25, -0.2) is 0 Å². The van der Waals surface area contributed by atoms with Crippen molar-refractivity contribution in [1.29, 1.82) is 0 Å². The highest BCUT2D eigenvalue weighted by molar-refractivity contribution is 6.74. The van der Waals surface area contributed by atoms with Gasteiger partial charge in [0.15, 0.2) is 25.0 Å². The molecule has 49 heavy (non-hydrogen) atoms. The Morgan fingerprint density at radius 3 is 1.73 bits per heavy atom. The van der Waals surface area contributed by atoms with Crippen molar-refractivity contribution in [2.24, 2.45) is 22.7 Å². The third-order valence-corrected chi connectivity index (χ3v) is 23.6. The summed E-state index contributed by atoms with van der Waals surface area (Å²) >= 11 is 0. The second-order valence-corrected chi connectivity index (χ2v) is 36.0. The lowest BCUT2D eigenvalue weighted by atomic mass is 9.62. The summed E-state index contributed by atoms with van der Waals surface area (Å²) in [6.07, 6.45) is 14.7. The molecule has 0 radical (unpaired) electrons. The lowest BCUT2D eigenvalue weighted by molar-refractivity contribution is -0.122. The molecule has 3 aliphatic carbocycles. The van der Waals surface area contributed by atoms with Crippen molar-refractivity contribution in [1.82, 2.24) is 0 Å². The summed E-state index contributed by atoms with van der Waals surface area (Å²) in [6, 6.07) is 0. The number of allylic oxidation sites excluding steroid dienone is 3. The molecule has 0 aromatic heterocycles. The van der Waals surface area contributed by atoms with Crippen LogP contribution in [0.2, 0.25) is 55.9 Å². The number of rotatable bonds is 11. The van der Waals surface area contributed by atoms with Crippen molar-refractivity contribution in [2.75, 3.05) is 6.61 Å². The zero-order valence-electron chi connectivity index (χ0n) is 36.0. The molecule has 7 heteroatoms. The molecular formula is C42H82O4Si3. The maximum absolute atomic E-state index is 7.43. The van der Waals surface area contributed by atoms with Crippen LogP contribution in [-0.2, 0) is 18.0 Å². The van der Waals surface area contributed by atoms with Gasteiger partial charge in [-0.15, -0.1) is 0 Å². The molecule has 3 saturated carbocycles.